The summed E-state index contributed by atoms with van der Waals surface area (Å²) in [6.45, 7) is 4.10. The molecule has 5 nitrogen and oxygen atoms in total. The summed E-state index contributed by atoms with van der Waals surface area (Å²) < 4.78 is 10.9. The van der Waals surface area contributed by atoms with Crippen LogP contribution in [-0.2, 0) is 0 Å². The molecular weight excluding hydrogens is 316 g/mol. The number of aryl methyl sites for hydroxylation is 2. The molecule has 25 heavy (non-hydrogen) atoms. The van der Waals surface area contributed by atoms with E-state index in [-0.39, 0.29) is 11.7 Å². The topological polar surface area (TPSA) is 68.3 Å². The summed E-state index contributed by atoms with van der Waals surface area (Å²) in [6, 6.07) is 14.7. The van der Waals surface area contributed by atoms with Gasteiger partial charge < -0.3 is 14.2 Å². The lowest BCUT2D eigenvalue weighted by Crippen LogP contribution is -2.10. The van der Waals surface area contributed by atoms with Crippen molar-refractivity contribution in [1.29, 1.82) is 0 Å². The van der Waals surface area contributed by atoms with E-state index in [4.69, 9.17) is 8.83 Å². The number of rotatable bonds is 3. The smallest absolute Gasteiger partial charge is 0.291 e. The van der Waals surface area contributed by atoms with Gasteiger partial charge in [0.2, 0.25) is 5.89 Å². The fourth-order valence-electron chi connectivity index (χ4n) is 2.60. The first-order valence-electron chi connectivity index (χ1n) is 7.93. The zero-order chi connectivity index (χ0) is 17.4. The Bertz CT molecular complexity index is 1010. The average molecular weight is 332 g/mol. The minimum absolute atomic E-state index is 0.272. The molecule has 0 aliphatic rings. The number of nitrogens with one attached hydrogen (secondary N) is 1. The summed E-state index contributed by atoms with van der Waals surface area (Å²) in [6.07, 6.45) is 1.47. The maximum absolute atomic E-state index is 12.0. The Hall–Kier alpha value is -3.34. The lowest BCUT2D eigenvalue weighted by molar-refractivity contribution is 0.0996. The van der Waals surface area contributed by atoms with Crippen molar-refractivity contribution in [2.45, 2.75) is 13.8 Å². The number of furan rings is 1. The zero-order valence-electron chi connectivity index (χ0n) is 13.9. The summed E-state index contributed by atoms with van der Waals surface area (Å²) >= 11 is 0. The molecule has 2 aromatic heterocycles. The summed E-state index contributed by atoms with van der Waals surface area (Å²) in [5, 5.41) is 2.78. The third kappa shape index (κ3) is 2.92. The molecule has 0 fully saturated rings. The van der Waals surface area contributed by atoms with Gasteiger partial charge in [-0.25, -0.2) is 4.98 Å². The summed E-state index contributed by atoms with van der Waals surface area (Å²) in [4.78, 5) is 16.5. The molecule has 0 radical (unpaired) electrons. The van der Waals surface area contributed by atoms with Crippen molar-refractivity contribution in [1.82, 2.24) is 4.98 Å². The highest BCUT2D eigenvalue weighted by Gasteiger charge is 2.11. The third-order valence-electron chi connectivity index (χ3n) is 4.14. The quantitative estimate of drug-likeness (QED) is 0.576. The predicted molar refractivity (Wildman–Crippen MR) is 95.6 cm³/mol. The predicted octanol–water partition coefficient (Wildman–Crippen LogP) is 4.96. The van der Waals surface area contributed by atoms with Crippen molar-refractivity contribution in [3.05, 3.63) is 71.7 Å². The second-order valence-corrected chi connectivity index (χ2v) is 5.93. The lowest BCUT2D eigenvalue weighted by Gasteiger charge is -2.03. The van der Waals surface area contributed by atoms with Crippen LogP contribution in [0.1, 0.15) is 21.7 Å². The van der Waals surface area contributed by atoms with Gasteiger partial charge in [-0.2, -0.15) is 0 Å². The van der Waals surface area contributed by atoms with E-state index >= 15 is 0 Å². The Morgan fingerprint density at radius 2 is 1.80 bits per heavy atom. The number of fused-ring (bicyclic) bond motifs is 1. The monoisotopic (exact) mass is 332 g/mol. The van der Waals surface area contributed by atoms with Gasteiger partial charge in [-0.15, -0.1) is 0 Å². The van der Waals surface area contributed by atoms with Gasteiger partial charge in [-0.3, -0.25) is 4.79 Å². The fraction of sp³-hybridized carbons (Fsp3) is 0.100. The largest absolute Gasteiger partial charge is 0.459 e. The number of nitrogens with zero attached hydrogens (tertiary/aromatic N) is 1. The van der Waals surface area contributed by atoms with E-state index in [1.165, 1.54) is 17.4 Å². The van der Waals surface area contributed by atoms with Gasteiger partial charge >= 0.3 is 0 Å². The number of hydrogen-bond donors (Lipinski definition) is 1. The number of aromatic nitrogens is 1. The van der Waals surface area contributed by atoms with Crippen LogP contribution in [0.15, 0.2) is 63.6 Å². The molecule has 0 spiro atoms. The van der Waals surface area contributed by atoms with Gasteiger partial charge in [0.1, 0.15) is 5.52 Å². The highest BCUT2D eigenvalue weighted by molar-refractivity contribution is 6.02. The van der Waals surface area contributed by atoms with E-state index < -0.39 is 0 Å². The normalized spacial score (nSPS) is 11.0. The molecule has 4 rings (SSSR count). The maximum atomic E-state index is 12.0. The van der Waals surface area contributed by atoms with Gasteiger partial charge in [0.15, 0.2) is 11.3 Å². The second kappa shape index (κ2) is 5.94. The first-order valence-corrected chi connectivity index (χ1v) is 7.93. The molecule has 2 heterocycles. The van der Waals surface area contributed by atoms with Gasteiger partial charge in [-0.1, -0.05) is 0 Å². The number of carbonyl (C=O) groups is 1. The first-order chi connectivity index (χ1) is 12.1. The van der Waals surface area contributed by atoms with E-state index in [1.807, 2.05) is 43.3 Å². The van der Waals surface area contributed by atoms with Gasteiger partial charge in [0.05, 0.1) is 6.26 Å². The molecule has 2 aromatic carbocycles. The van der Waals surface area contributed by atoms with Crippen molar-refractivity contribution in [3.8, 4) is 11.5 Å². The van der Waals surface area contributed by atoms with Crippen LogP contribution in [0.25, 0.3) is 22.6 Å². The molecule has 5 heteroatoms. The minimum Gasteiger partial charge on any atom is -0.459 e. The molecule has 0 bridgehead atoms. The maximum Gasteiger partial charge on any atom is 0.291 e. The molecule has 1 N–H and O–H groups in total. The molecule has 0 atom stereocenters. The van der Waals surface area contributed by atoms with Crippen LogP contribution in [0.3, 0.4) is 0 Å². The molecule has 1 amide bonds. The average Bonchev–Trinajstić information content (AvgIpc) is 3.26. The molecule has 0 aliphatic carbocycles. The molecule has 4 aromatic rings. The van der Waals surface area contributed by atoms with E-state index in [1.54, 1.807) is 12.1 Å². The Morgan fingerprint density at radius 3 is 2.52 bits per heavy atom. The van der Waals surface area contributed by atoms with Crippen LogP contribution in [-0.4, -0.2) is 10.9 Å². The highest BCUT2D eigenvalue weighted by atomic mass is 16.3. The van der Waals surface area contributed by atoms with Crippen LogP contribution in [0.2, 0.25) is 0 Å². The molecule has 0 saturated heterocycles. The van der Waals surface area contributed by atoms with Gasteiger partial charge in [-0.05, 0) is 73.5 Å². The van der Waals surface area contributed by atoms with E-state index in [9.17, 15) is 4.79 Å². The van der Waals surface area contributed by atoms with Crippen molar-refractivity contribution < 1.29 is 13.6 Å². The van der Waals surface area contributed by atoms with Crippen LogP contribution in [0.4, 0.5) is 5.69 Å². The lowest BCUT2D eigenvalue weighted by atomic mass is 10.1. The van der Waals surface area contributed by atoms with Crippen molar-refractivity contribution in [2.75, 3.05) is 5.32 Å². The number of benzene rings is 2. The third-order valence-corrected chi connectivity index (χ3v) is 4.14. The molecule has 124 valence electrons. The second-order valence-electron chi connectivity index (χ2n) is 5.93. The van der Waals surface area contributed by atoms with E-state index in [2.05, 4.69) is 17.2 Å². The SMILES string of the molecule is Cc1cc2nc(-c3ccc(NC(=O)c4ccco4)cc3)oc2cc1C. The molecule has 0 aliphatic heterocycles. The summed E-state index contributed by atoms with van der Waals surface area (Å²) in [7, 11) is 0. The number of anilines is 1. The summed E-state index contributed by atoms with van der Waals surface area (Å²) in [5.74, 6) is 0.545. The van der Waals surface area contributed by atoms with Gasteiger partial charge in [0, 0.05) is 11.3 Å². The van der Waals surface area contributed by atoms with Crippen LogP contribution < -0.4 is 5.32 Å². The molecule has 0 saturated carbocycles. The van der Waals surface area contributed by atoms with Crippen molar-refractivity contribution in [2.24, 2.45) is 0 Å². The minimum atomic E-state index is -0.287. The van der Waals surface area contributed by atoms with E-state index in [0.29, 0.717) is 11.6 Å². The van der Waals surface area contributed by atoms with Gasteiger partial charge in [0.25, 0.3) is 5.91 Å². The number of amides is 1. The Kier molecular flexibility index (Phi) is 3.61. The van der Waals surface area contributed by atoms with E-state index in [0.717, 1.165) is 16.7 Å². The van der Waals surface area contributed by atoms with Crippen LogP contribution in [0, 0.1) is 13.8 Å². The van der Waals surface area contributed by atoms with Crippen LogP contribution >= 0.6 is 0 Å². The van der Waals surface area contributed by atoms with Crippen molar-refractivity contribution in [3.63, 3.8) is 0 Å². The molecular formula is C20H16N2O3. The zero-order valence-corrected chi connectivity index (χ0v) is 13.9. The Balaban J connectivity index is 1.58. The number of hydrogen-bond acceptors (Lipinski definition) is 4. The first kappa shape index (κ1) is 15.2. The fourth-order valence-corrected chi connectivity index (χ4v) is 2.60. The van der Waals surface area contributed by atoms with Crippen LogP contribution in [0.5, 0.6) is 0 Å². The Morgan fingerprint density at radius 1 is 1.04 bits per heavy atom. The number of carbonyl (C=O) groups excluding carboxylic acids is 1. The molecule has 0 unspecified atom stereocenters. The van der Waals surface area contributed by atoms with Crippen molar-refractivity contribution >= 4 is 22.7 Å². The Labute approximate surface area is 144 Å². The summed E-state index contributed by atoms with van der Waals surface area (Å²) in [5.41, 5.74) is 5.49. The number of oxazole rings is 1. The standard InChI is InChI=1S/C20H16N2O3/c1-12-10-16-18(11-13(12)2)25-20(22-16)14-5-7-15(8-6-14)21-19(23)17-4-3-9-24-17/h3-11H,1-2H3,(H,21,23). The highest BCUT2D eigenvalue weighted by Crippen LogP contribution is 2.27.